The van der Waals surface area contributed by atoms with Crippen molar-refractivity contribution in [1.29, 1.82) is 0 Å². The minimum Gasteiger partial charge on any atom is -0.314 e. The molecule has 0 bridgehead atoms. The van der Waals surface area contributed by atoms with Crippen LogP contribution in [0, 0.1) is 18.3 Å². The van der Waals surface area contributed by atoms with Crippen molar-refractivity contribution in [1.82, 2.24) is 10.2 Å². The van der Waals surface area contributed by atoms with E-state index in [-0.39, 0.29) is 0 Å². The second-order valence-corrected chi connectivity index (χ2v) is 4.90. The van der Waals surface area contributed by atoms with E-state index in [4.69, 9.17) is 6.42 Å². The van der Waals surface area contributed by atoms with Crippen molar-refractivity contribution in [2.75, 3.05) is 19.6 Å². The van der Waals surface area contributed by atoms with Crippen LogP contribution in [-0.4, -0.2) is 36.6 Å². The molecule has 0 radical (unpaired) electrons. The molecule has 1 saturated heterocycles. The first-order chi connectivity index (χ1) is 7.72. The summed E-state index contributed by atoms with van der Waals surface area (Å²) < 4.78 is 0. The quantitative estimate of drug-likeness (QED) is 0.717. The van der Waals surface area contributed by atoms with Crippen molar-refractivity contribution in [3.8, 4) is 12.3 Å². The third kappa shape index (κ3) is 3.50. The van der Waals surface area contributed by atoms with Gasteiger partial charge in [0.1, 0.15) is 0 Å². The highest BCUT2D eigenvalue weighted by atomic mass is 15.2. The predicted molar refractivity (Wildman–Crippen MR) is 70.3 cm³/mol. The maximum Gasteiger partial charge on any atom is 0.0711 e. The van der Waals surface area contributed by atoms with Crippen LogP contribution >= 0.6 is 0 Å². The van der Waals surface area contributed by atoms with E-state index in [0.717, 1.165) is 26.1 Å². The molecule has 0 spiro atoms. The summed E-state index contributed by atoms with van der Waals surface area (Å²) in [6.45, 7) is 10.1. The Hall–Kier alpha value is -0.520. The van der Waals surface area contributed by atoms with Gasteiger partial charge in [0, 0.05) is 19.1 Å². The first-order valence-corrected chi connectivity index (χ1v) is 6.66. The molecule has 0 aromatic rings. The van der Waals surface area contributed by atoms with Crippen LogP contribution in [0.2, 0.25) is 0 Å². The first-order valence-electron chi connectivity index (χ1n) is 6.66. The van der Waals surface area contributed by atoms with Crippen molar-refractivity contribution in [3.05, 3.63) is 0 Å². The fourth-order valence-corrected chi connectivity index (χ4v) is 2.67. The normalized spacial score (nSPS) is 28.6. The van der Waals surface area contributed by atoms with Crippen LogP contribution in [-0.2, 0) is 0 Å². The van der Waals surface area contributed by atoms with E-state index in [0.29, 0.717) is 18.0 Å². The SMILES string of the molecule is C#CC(CCC)N1CCC(NCC)C(C)C1. The molecule has 0 amide bonds. The molecule has 0 aromatic carbocycles. The van der Waals surface area contributed by atoms with Crippen molar-refractivity contribution in [3.63, 3.8) is 0 Å². The monoisotopic (exact) mass is 222 g/mol. The van der Waals surface area contributed by atoms with Crippen LogP contribution in [0.1, 0.15) is 40.0 Å². The third-order valence-corrected chi connectivity index (χ3v) is 3.60. The van der Waals surface area contributed by atoms with Gasteiger partial charge in [0.25, 0.3) is 0 Å². The van der Waals surface area contributed by atoms with Crippen LogP contribution < -0.4 is 5.32 Å². The fraction of sp³-hybridized carbons (Fsp3) is 0.857. The molecule has 3 atom stereocenters. The summed E-state index contributed by atoms with van der Waals surface area (Å²) in [5, 5.41) is 3.57. The van der Waals surface area contributed by atoms with E-state index < -0.39 is 0 Å². The number of hydrogen-bond acceptors (Lipinski definition) is 2. The molecule has 0 aliphatic carbocycles. The Balaban J connectivity index is 2.46. The molecule has 1 rings (SSSR count). The van der Waals surface area contributed by atoms with E-state index >= 15 is 0 Å². The Bertz CT molecular complexity index is 231. The molecular formula is C14H26N2. The van der Waals surface area contributed by atoms with Gasteiger partial charge in [-0.1, -0.05) is 33.1 Å². The maximum absolute atomic E-state index is 5.62. The fourth-order valence-electron chi connectivity index (χ4n) is 2.67. The van der Waals surface area contributed by atoms with Crippen molar-refractivity contribution in [2.45, 2.75) is 52.1 Å². The van der Waals surface area contributed by atoms with E-state index in [1.807, 2.05) is 0 Å². The molecule has 1 heterocycles. The zero-order valence-electron chi connectivity index (χ0n) is 11.0. The van der Waals surface area contributed by atoms with Crippen LogP contribution in [0.25, 0.3) is 0 Å². The summed E-state index contributed by atoms with van der Waals surface area (Å²) in [6.07, 6.45) is 9.17. The number of rotatable bonds is 5. The standard InChI is InChI=1S/C14H26N2/c1-5-8-13(6-2)16-10-9-14(15-7-3)12(4)11-16/h2,12-15H,5,7-11H2,1,3-4H3. The molecule has 16 heavy (non-hydrogen) atoms. The van der Waals surface area contributed by atoms with Gasteiger partial charge in [0.2, 0.25) is 0 Å². The number of terminal acetylenes is 1. The summed E-state index contributed by atoms with van der Waals surface area (Å²) >= 11 is 0. The lowest BCUT2D eigenvalue weighted by molar-refractivity contribution is 0.122. The molecule has 1 N–H and O–H groups in total. The predicted octanol–water partition coefficient (Wildman–Crippen LogP) is 2.11. The topological polar surface area (TPSA) is 15.3 Å². The van der Waals surface area contributed by atoms with Gasteiger partial charge < -0.3 is 5.32 Å². The molecule has 0 aromatic heterocycles. The second kappa shape index (κ2) is 6.93. The molecule has 2 nitrogen and oxygen atoms in total. The smallest absolute Gasteiger partial charge is 0.0711 e. The largest absolute Gasteiger partial charge is 0.314 e. The lowest BCUT2D eigenvalue weighted by Gasteiger charge is -2.39. The highest BCUT2D eigenvalue weighted by Gasteiger charge is 2.28. The third-order valence-electron chi connectivity index (χ3n) is 3.60. The molecule has 92 valence electrons. The van der Waals surface area contributed by atoms with E-state index in [2.05, 4.69) is 36.9 Å². The Morgan fingerprint density at radius 2 is 2.25 bits per heavy atom. The zero-order chi connectivity index (χ0) is 12.0. The lowest BCUT2D eigenvalue weighted by Crippen LogP contribution is -2.51. The van der Waals surface area contributed by atoms with Gasteiger partial charge in [0.05, 0.1) is 6.04 Å². The van der Waals surface area contributed by atoms with Crippen LogP contribution in [0.5, 0.6) is 0 Å². The summed E-state index contributed by atoms with van der Waals surface area (Å²) in [5.74, 6) is 3.66. The molecule has 1 aliphatic rings. The first kappa shape index (κ1) is 13.5. The number of likely N-dealkylation sites (tertiary alicyclic amines) is 1. The number of nitrogens with one attached hydrogen (secondary N) is 1. The molecule has 2 heteroatoms. The average molecular weight is 222 g/mol. The van der Waals surface area contributed by atoms with Crippen LogP contribution in [0.3, 0.4) is 0 Å². The Labute approximate surface area is 101 Å². The van der Waals surface area contributed by atoms with Gasteiger partial charge in [0.15, 0.2) is 0 Å². The molecule has 1 aliphatic heterocycles. The average Bonchev–Trinajstić information content (AvgIpc) is 2.29. The second-order valence-electron chi connectivity index (χ2n) is 4.90. The maximum atomic E-state index is 5.62. The molecule has 0 saturated carbocycles. The van der Waals surface area contributed by atoms with Crippen LogP contribution in [0.15, 0.2) is 0 Å². The van der Waals surface area contributed by atoms with Gasteiger partial charge in [-0.05, 0) is 25.3 Å². The number of hydrogen-bond donors (Lipinski definition) is 1. The van der Waals surface area contributed by atoms with Gasteiger partial charge >= 0.3 is 0 Å². The van der Waals surface area contributed by atoms with Gasteiger partial charge in [-0.15, -0.1) is 6.42 Å². The summed E-state index contributed by atoms with van der Waals surface area (Å²) in [5.41, 5.74) is 0. The summed E-state index contributed by atoms with van der Waals surface area (Å²) in [6, 6.07) is 1.04. The Kier molecular flexibility index (Phi) is 5.87. The van der Waals surface area contributed by atoms with E-state index in [1.165, 1.54) is 12.8 Å². The van der Waals surface area contributed by atoms with Crippen LogP contribution in [0.4, 0.5) is 0 Å². The highest BCUT2D eigenvalue weighted by molar-refractivity contribution is 5.01. The Morgan fingerprint density at radius 3 is 2.75 bits per heavy atom. The summed E-state index contributed by atoms with van der Waals surface area (Å²) in [7, 11) is 0. The Morgan fingerprint density at radius 1 is 1.50 bits per heavy atom. The van der Waals surface area contributed by atoms with Crippen molar-refractivity contribution >= 4 is 0 Å². The highest BCUT2D eigenvalue weighted by Crippen LogP contribution is 2.20. The van der Waals surface area contributed by atoms with Crippen molar-refractivity contribution < 1.29 is 0 Å². The molecule has 3 unspecified atom stereocenters. The van der Waals surface area contributed by atoms with E-state index in [1.54, 1.807) is 0 Å². The van der Waals surface area contributed by atoms with Gasteiger partial charge in [-0.25, -0.2) is 0 Å². The number of piperidine rings is 1. The minimum absolute atomic E-state index is 0.357. The molecule has 1 fully saturated rings. The van der Waals surface area contributed by atoms with Gasteiger partial charge in [-0.3, -0.25) is 4.90 Å². The zero-order valence-corrected chi connectivity index (χ0v) is 11.0. The number of nitrogens with zero attached hydrogens (tertiary/aromatic N) is 1. The molecular weight excluding hydrogens is 196 g/mol. The van der Waals surface area contributed by atoms with E-state index in [9.17, 15) is 0 Å². The van der Waals surface area contributed by atoms with Crippen molar-refractivity contribution in [2.24, 2.45) is 5.92 Å². The minimum atomic E-state index is 0.357. The lowest BCUT2D eigenvalue weighted by atomic mass is 9.92. The van der Waals surface area contributed by atoms with Gasteiger partial charge in [-0.2, -0.15) is 0 Å². The summed E-state index contributed by atoms with van der Waals surface area (Å²) in [4.78, 5) is 2.49.